The van der Waals surface area contributed by atoms with E-state index in [2.05, 4.69) is 9.97 Å². The summed E-state index contributed by atoms with van der Waals surface area (Å²) in [6, 6.07) is 0. The van der Waals surface area contributed by atoms with Crippen molar-refractivity contribution in [2.75, 3.05) is 22.9 Å². The number of hydrogen-bond acceptors (Lipinski definition) is 7. The molecule has 1 aliphatic heterocycles. The lowest BCUT2D eigenvalue weighted by molar-refractivity contribution is -0.117. The maximum Gasteiger partial charge on any atom is 0.228 e. The fourth-order valence-corrected chi connectivity index (χ4v) is 2.81. The molecule has 1 aliphatic rings. The van der Waals surface area contributed by atoms with Gasteiger partial charge in [0.2, 0.25) is 5.91 Å². The van der Waals surface area contributed by atoms with Crippen LogP contribution in [0.1, 0.15) is 13.3 Å². The number of amides is 1. The van der Waals surface area contributed by atoms with E-state index in [0.717, 1.165) is 11.8 Å². The van der Waals surface area contributed by atoms with Crippen molar-refractivity contribution in [3.05, 3.63) is 6.33 Å². The van der Waals surface area contributed by atoms with Gasteiger partial charge in [0, 0.05) is 25.1 Å². The van der Waals surface area contributed by atoms with Crippen LogP contribution in [-0.2, 0) is 9.59 Å². The number of aromatic nitrogens is 2. The Morgan fingerprint density at radius 3 is 2.61 bits per heavy atom. The Morgan fingerprint density at radius 1 is 1.44 bits per heavy atom. The summed E-state index contributed by atoms with van der Waals surface area (Å²) >= 11 is 1.15. The monoisotopic (exact) mass is 267 g/mol. The van der Waals surface area contributed by atoms with Crippen LogP contribution in [0, 0.1) is 0 Å². The molecule has 1 aromatic rings. The Balaban J connectivity index is 2.24. The zero-order chi connectivity index (χ0) is 13.3. The van der Waals surface area contributed by atoms with E-state index >= 15 is 0 Å². The first-order valence-corrected chi connectivity index (χ1v) is 6.20. The highest BCUT2D eigenvalue weighted by atomic mass is 32.2. The minimum atomic E-state index is -0.123. The molecule has 0 saturated carbocycles. The van der Waals surface area contributed by atoms with Crippen LogP contribution in [0.15, 0.2) is 6.33 Å². The van der Waals surface area contributed by atoms with Crippen molar-refractivity contribution in [3.8, 4) is 0 Å². The van der Waals surface area contributed by atoms with Crippen LogP contribution in [-0.4, -0.2) is 32.8 Å². The van der Waals surface area contributed by atoms with E-state index in [4.69, 9.17) is 11.5 Å². The molecule has 8 heteroatoms. The van der Waals surface area contributed by atoms with Gasteiger partial charge in [-0.15, -0.1) is 0 Å². The first-order valence-electron chi connectivity index (χ1n) is 5.32. The topological polar surface area (TPSA) is 115 Å². The largest absolute Gasteiger partial charge is 0.382 e. The van der Waals surface area contributed by atoms with Crippen molar-refractivity contribution in [1.29, 1.82) is 0 Å². The number of carbonyl (C=O) groups is 2. The lowest BCUT2D eigenvalue weighted by Gasteiger charge is -2.18. The molecule has 2 rings (SSSR count). The minimum absolute atomic E-state index is 0.0140. The predicted molar refractivity (Wildman–Crippen MR) is 69.9 cm³/mol. The average molecular weight is 267 g/mol. The third-order valence-corrected chi connectivity index (χ3v) is 3.55. The van der Waals surface area contributed by atoms with E-state index in [1.807, 2.05) is 0 Å². The summed E-state index contributed by atoms with van der Waals surface area (Å²) < 4.78 is 0. The molecule has 2 heterocycles. The average Bonchev–Trinajstić information content (AvgIpc) is 2.58. The lowest BCUT2D eigenvalue weighted by Crippen LogP contribution is -2.27. The fraction of sp³-hybridized carbons (Fsp3) is 0.400. The molecule has 0 bridgehead atoms. The summed E-state index contributed by atoms with van der Waals surface area (Å²) in [5.74, 6) is 0.218. The number of carbonyl (C=O) groups excluding carboxylic acids is 2. The number of thioether (sulfide) groups is 1. The summed E-state index contributed by atoms with van der Waals surface area (Å²) in [7, 11) is 0. The second-order valence-electron chi connectivity index (χ2n) is 3.93. The Hall–Kier alpha value is -1.83. The highest BCUT2D eigenvalue weighted by Gasteiger charge is 2.34. The van der Waals surface area contributed by atoms with Crippen LogP contribution in [0.2, 0.25) is 0 Å². The van der Waals surface area contributed by atoms with E-state index < -0.39 is 0 Å². The molecule has 0 radical (unpaired) electrons. The Labute approximate surface area is 108 Å². The van der Waals surface area contributed by atoms with Gasteiger partial charge in [0.25, 0.3) is 0 Å². The van der Waals surface area contributed by atoms with Gasteiger partial charge in [-0.05, 0) is 0 Å². The van der Waals surface area contributed by atoms with Crippen LogP contribution < -0.4 is 16.4 Å². The molecule has 96 valence electrons. The molecular weight excluding hydrogens is 254 g/mol. The van der Waals surface area contributed by atoms with E-state index in [1.165, 1.54) is 18.2 Å². The maximum absolute atomic E-state index is 11.9. The number of anilines is 3. The van der Waals surface area contributed by atoms with Crippen molar-refractivity contribution < 1.29 is 9.59 Å². The molecule has 1 unspecified atom stereocenters. The number of hydrogen-bond donors (Lipinski definition) is 2. The first-order chi connectivity index (χ1) is 8.49. The van der Waals surface area contributed by atoms with E-state index in [9.17, 15) is 9.59 Å². The van der Waals surface area contributed by atoms with Gasteiger partial charge < -0.3 is 16.4 Å². The number of nitrogens with zero attached hydrogens (tertiary/aromatic N) is 3. The smallest absolute Gasteiger partial charge is 0.228 e. The van der Waals surface area contributed by atoms with E-state index in [-0.39, 0.29) is 34.3 Å². The van der Waals surface area contributed by atoms with Gasteiger partial charge in [-0.25, -0.2) is 9.97 Å². The van der Waals surface area contributed by atoms with Gasteiger partial charge >= 0.3 is 0 Å². The van der Waals surface area contributed by atoms with Crippen LogP contribution >= 0.6 is 11.8 Å². The van der Waals surface area contributed by atoms with Crippen LogP contribution in [0.25, 0.3) is 0 Å². The van der Waals surface area contributed by atoms with Gasteiger partial charge in [-0.2, -0.15) is 0 Å². The molecule has 0 aromatic carbocycles. The van der Waals surface area contributed by atoms with Crippen LogP contribution in [0.5, 0.6) is 0 Å². The Morgan fingerprint density at radius 2 is 2.06 bits per heavy atom. The third-order valence-electron chi connectivity index (χ3n) is 2.57. The quantitative estimate of drug-likeness (QED) is 0.776. The molecule has 1 amide bonds. The first kappa shape index (κ1) is 12.6. The van der Waals surface area contributed by atoms with Crippen molar-refractivity contribution >= 4 is 40.1 Å². The Kier molecular flexibility index (Phi) is 3.37. The molecular formula is C10H13N5O2S. The zero-order valence-electron chi connectivity index (χ0n) is 9.79. The Bertz CT molecular complexity index is 487. The molecule has 1 aromatic heterocycles. The van der Waals surface area contributed by atoms with Crippen molar-refractivity contribution in [2.45, 2.75) is 18.6 Å². The summed E-state index contributed by atoms with van der Waals surface area (Å²) in [4.78, 5) is 32.0. The number of rotatable bonds is 2. The molecule has 1 fully saturated rings. The highest BCUT2D eigenvalue weighted by molar-refractivity contribution is 8.14. The molecule has 0 spiro atoms. The fourth-order valence-electron chi connectivity index (χ4n) is 1.89. The van der Waals surface area contributed by atoms with Gasteiger partial charge in [-0.3, -0.25) is 9.59 Å². The minimum Gasteiger partial charge on any atom is -0.382 e. The predicted octanol–water partition coefficient (Wildman–Crippen LogP) is 0.0260. The highest BCUT2D eigenvalue weighted by Crippen LogP contribution is 2.33. The third kappa shape index (κ3) is 2.37. The molecule has 0 aliphatic carbocycles. The standard InChI is InChI=1S/C10H13N5O2S/c1-5(16)18-6-2-7(17)15(3-6)8-9(11)13-4-14-10(8)12/h4,6H,2-3H2,1H3,(H4,11,12,13,14). The summed E-state index contributed by atoms with van der Waals surface area (Å²) in [6.45, 7) is 1.87. The van der Waals surface area contributed by atoms with E-state index in [0.29, 0.717) is 12.2 Å². The summed E-state index contributed by atoms with van der Waals surface area (Å²) in [6.07, 6.45) is 1.54. The maximum atomic E-state index is 11.9. The molecule has 1 atom stereocenters. The SMILES string of the molecule is CC(=O)SC1CC(=O)N(c2c(N)ncnc2N)C1. The van der Waals surface area contributed by atoms with Gasteiger partial charge in [0.15, 0.2) is 16.8 Å². The summed E-state index contributed by atoms with van der Waals surface area (Å²) in [5, 5.41) is -0.0890. The second kappa shape index (κ2) is 4.81. The van der Waals surface area contributed by atoms with Crippen molar-refractivity contribution in [2.24, 2.45) is 0 Å². The van der Waals surface area contributed by atoms with Crippen molar-refractivity contribution in [1.82, 2.24) is 9.97 Å². The summed E-state index contributed by atoms with van der Waals surface area (Å²) in [5.41, 5.74) is 11.8. The number of nitrogen functional groups attached to an aromatic ring is 2. The molecule has 7 nitrogen and oxygen atoms in total. The zero-order valence-corrected chi connectivity index (χ0v) is 10.6. The van der Waals surface area contributed by atoms with Crippen LogP contribution in [0.4, 0.5) is 17.3 Å². The number of nitrogens with two attached hydrogens (primary N) is 2. The van der Waals surface area contributed by atoms with Gasteiger partial charge in [0.1, 0.15) is 12.0 Å². The molecule has 4 N–H and O–H groups in total. The van der Waals surface area contributed by atoms with E-state index in [1.54, 1.807) is 0 Å². The van der Waals surface area contributed by atoms with Gasteiger partial charge in [0.05, 0.1) is 0 Å². The lowest BCUT2D eigenvalue weighted by atomic mass is 10.4. The molecule has 1 saturated heterocycles. The molecule has 18 heavy (non-hydrogen) atoms. The normalized spacial score (nSPS) is 19.3. The van der Waals surface area contributed by atoms with Gasteiger partial charge in [-0.1, -0.05) is 11.8 Å². The second-order valence-corrected chi connectivity index (χ2v) is 5.41. The van der Waals surface area contributed by atoms with Crippen molar-refractivity contribution in [3.63, 3.8) is 0 Å². The van der Waals surface area contributed by atoms with Crippen LogP contribution in [0.3, 0.4) is 0 Å².